The molecule has 1 aliphatic heterocycles. The van der Waals surface area contributed by atoms with Crippen LogP contribution in [-0.4, -0.2) is 24.2 Å². The number of nitrogens with one attached hydrogen (secondary N) is 1. The second-order valence-electron chi connectivity index (χ2n) is 3.89. The lowest BCUT2D eigenvalue weighted by atomic mass is 10.2. The van der Waals surface area contributed by atoms with Crippen molar-refractivity contribution < 1.29 is 4.74 Å². The van der Waals surface area contributed by atoms with E-state index in [2.05, 4.69) is 16.4 Å². The van der Waals surface area contributed by atoms with Crippen molar-refractivity contribution in [2.24, 2.45) is 0 Å². The molecule has 4 heteroatoms. The summed E-state index contributed by atoms with van der Waals surface area (Å²) in [6.07, 6.45) is 5.37. The molecule has 1 aliphatic rings. The number of nitriles is 1. The van der Waals surface area contributed by atoms with Crippen molar-refractivity contribution in [2.45, 2.75) is 25.4 Å². The maximum Gasteiger partial charge on any atom is 0.127 e. The van der Waals surface area contributed by atoms with Crippen molar-refractivity contribution in [3.05, 3.63) is 23.9 Å². The van der Waals surface area contributed by atoms with Crippen molar-refractivity contribution >= 4 is 5.82 Å². The number of nitrogens with zero attached hydrogens (tertiary/aromatic N) is 2. The Morgan fingerprint density at radius 2 is 2.56 bits per heavy atom. The van der Waals surface area contributed by atoms with Gasteiger partial charge in [0, 0.05) is 19.3 Å². The first-order valence-corrected chi connectivity index (χ1v) is 5.60. The van der Waals surface area contributed by atoms with Gasteiger partial charge in [-0.15, -0.1) is 0 Å². The van der Waals surface area contributed by atoms with Gasteiger partial charge in [0.25, 0.3) is 0 Å². The van der Waals surface area contributed by atoms with E-state index in [4.69, 9.17) is 10.00 Å². The van der Waals surface area contributed by atoms with Crippen LogP contribution in [0.4, 0.5) is 5.82 Å². The Labute approximate surface area is 95.3 Å². The largest absolute Gasteiger partial charge is 0.378 e. The Bertz CT molecular complexity index is 380. The second kappa shape index (κ2) is 5.47. The van der Waals surface area contributed by atoms with Gasteiger partial charge in [-0.25, -0.2) is 4.98 Å². The lowest BCUT2D eigenvalue weighted by molar-refractivity contribution is 0.107. The van der Waals surface area contributed by atoms with Crippen LogP contribution in [0.2, 0.25) is 0 Å². The van der Waals surface area contributed by atoms with Crippen LogP contribution in [-0.2, 0) is 4.74 Å². The third-order valence-corrected chi connectivity index (χ3v) is 2.69. The first-order chi connectivity index (χ1) is 7.88. The highest BCUT2D eigenvalue weighted by atomic mass is 16.5. The van der Waals surface area contributed by atoms with Gasteiger partial charge in [-0.1, -0.05) is 0 Å². The summed E-state index contributed by atoms with van der Waals surface area (Å²) >= 11 is 0. The van der Waals surface area contributed by atoms with E-state index in [0.717, 1.165) is 31.8 Å². The second-order valence-corrected chi connectivity index (χ2v) is 3.89. The zero-order valence-corrected chi connectivity index (χ0v) is 9.15. The molecular weight excluding hydrogens is 202 g/mol. The minimum absolute atomic E-state index is 0.395. The molecule has 1 aromatic heterocycles. The third kappa shape index (κ3) is 2.94. The molecule has 2 heterocycles. The predicted octanol–water partition coefficient (Wildman–Crippen LogP) is 1.93. The number of pyridine rings is 1. The number of aromatic nitrogens is 1. The molecule has 1 aromatic rings. The number of anilines is 1. The molecule has 0 saturated carbocycles. The molecule has 1 N–H and O–H groups in total. The molecule has 1 saturated heterocycles. The molecule has 1 unspecified atom stereocenters. The van der Waals surface area contributed by atoms with E-state index in [9.17, 15) is 0 Å². The van der Waals surface area contributed by atoms with Crippen molar-refractivity contribution in [2.75, 3.05) is 18.5 Å². The fraction of sp³-hybridized carbons (Fsp3) is 0.500. The summed E-state index contributed by atoms with van der Waals surface area (Å²) < 4.78 is 5.52. The molecule has 0 radical (unpaired) electrons. The van der Waals surface area contributed by atoms with Gasteiger partial charge in [0.05, 0.1) is 17.7 Å². The Hall–Kier alpha value is -1.60. The van der Waals surface area contributed by atoms with E-state index < -0.39 is 0 Å². The maximum atomic E-state index is 8.73. The molecule has 1 fully saturated rings. The van der Waals surface area contributed by atoms with Gasteiger partial charge in [0.2, 0.25) is 0 Å². The number of ether oxygens (including phenoxy) is 1. The van der Waals surface area contributed by atoms with E-state index in [1.54, 1.807) is 18.3 Å². The highest BCUT2D eigenvalue weighted by Crippen LogP contribution is 2.15. The van der Waals surface area contributed by atoms with Gasteiger partial charge in [-0.05, 0) is 31.4 Å². The summed E-state index contributed by atoms with van der Waals surface area (Å²) in [5.41, 5.74) is 0.634. The lowest BCUT2D eigenvalue weighted by Crippen LogP contribution is -2.13. The molecule has 0 spiro atoms. The van der Waals surface area contributed by atoms with Crippen LogP contribution in [0.3, 0.4) is 0 Å². The first-order valence-electron chi connectivity index (χ1n) is 5.60. The van der Waals surface area contributed by atoms with Gasteiger partial charge < -0.3 is 10.1 Å². The van der Waals surface area contributed by atoms with E-state index in [0.29, 0.717) is 11.7 Å². The summed E-state index contributed by atoms with van der Waals surface area (Å²) in [6.45, 7) is 1.74. The lowest BCUT2D eigenvalue weighted by Gasteiger charge is -2.10. The summed E-state index contributed by atoms with van der Waals surface area (Å²) in [5.74, 6) is 0.761. The fourth-order valence-electron chi connectivity index (χ4n) is 1.83. The first kappa shape index (κ1) is 10.9. The molecule has 16 heavy (non-hydrogen) atoms. The maximum absolute atomic E-state index is 8.73. The summed E-state index contributed by atoms with van der Waals surface area (Å²) in [5, 5.41) is 11.9. The average Bonchev–Trinajstić information content (AvgIpc) is 2.82. The van der Waals surface area contributed by atoms with E-state index in [1.165, 1.54) is 6.42 Å². The Balaban J connectivity index is 1.78. The SMILES string of the molecule is N#Cc1ccnc(NCCC2CCCO2)c1. The summed E-state index contributed by atoms with van der Waals surface area (Å²) in [6, 6.07) is 5.55. The monoisotopic (exact) mass is 217 g/mol. The number of rotatable bonds is 4. The molecular formula is C12H15N3O. The highest BCUT2D eigenvalue weighted by Gasteiger charge is 2.14. The van der Waals surface area contributed by atoms with Crippen molar-refractivity contribution in [1.29, 1.82) is 5.26 Å². The molecule has 0 amide bonds. The zero-order valence-electron chi connectivity index (χ0n) is 9.15. The van der Waals surface area contributed by atoms with Crippen LogP contribution in [0.15, 0.2) is 18.3 Å². The Morgan fingerprint density at radius 3 is 3.31 bits per heavy atom. The van der Waals surface area contributed by atoms with Crippen LogP contribution in [0.5, 0.6) is 0 Å². The van der Waals surface area contributed by atoms with E-state index in [-0.39, 0.29) is 0 Å². The van der Waals surface area contributed by atoms with E-state index >= 15 is 0 Å². The number of hydrogen-bond acceptors (Lipinski definition) is 4. The number of hydrogen-bond donors (Lipinski definition) is 1. The molecule has 2 rings (SSSR count). The van der Waals surface area contributed by atoms with Crippen LogP contribution in [0.25, 0.3) is 0 Å². The normalized spacial score (nSPS) is 19.3. The minimum atomic E-state index is 0.395. The smallest absolute Gasteiger partial charge is 0.127 e. The van der Waals surface area contributed by atoms with Crippen LogP contribution in [0.1, 0.15) is 24.8 Å². The topological polar surface area (TPSA) is 57.9 Å². The quantitative estimate of drug-likeness (QED) is 0.837. The molecule has 4 nitrogen and oxygen atoms in total. The standard InChI is InChI=1S/C12H15N3O/c13-9-10-3-5-14-12(8-10)15-6-4-11-2-1-7-16-11/h3,5,8,11H,1-2,4,6-7H2,(H,14,15). The average molecular weight is 217 g/mol. The van der Waals surface area contributed by atoms with Crippen LogP contribution in [0, 0.1) is 11.3 Å². The van der Waals surface area contributed by atoms with Gasteiger partial charge in [-0.2, -0.15) is 5.26 Å². The minimum Gasteiger partial charge on any atom is -0.378 e. The summed E-state index contributed by atoms with van der Waals surface area (Å²) in [7, 11) is 0. The van der Waals surface area contributed by atoms with Crippen molar-refractivity contribution in [3.63, 3.8) is 0 Å². The third-order valence-electron chi connectivity index (χ3n) is 2.69. The molecule has 0 aliphatic carbocycles. The van der Waals surface area contributed by atoms with Gasteiger partial charge in [0.1, 0.15) is 5.82 Å². The van der Waals surface area contributed by atoms with E-state index in [1.807, 2.05) is 0 Å². The molecule has 0 bridgehead atoms. The van der Waals surface area contributed by atoms with Gasteiger partial charge >= 0.3 is 0 Å². The van der Waals surface area contributed by atoms with Crippen LogP contribution < -0.4 is 5.32 Å². The molecule has 0 aromatic carbocycles. The fourth-order valence-corrected chi connectivity index (χ4v) is 1.83. The molecule has 1 atom stereocenters. The van der Waals surface area contributed by atoms with Gasteiger partial charge in [0.15, 0.2) is 0 Å². The Kier molecular flexibility index (Phi) is 3.73. The van der Waals surface area contributed by atoms with Crippen molar-refractivity contribution in [1.82, 2.24) is 4.98 Å². The molecule has 84 valence electrons. The Morgan fingerprint density at radius 1 is 1.62 bits per heavy atom. The summed E-state index contributed by atoms with van der Waals surface area (Å²) in [4.78, 5) is 4.15. The highest BCUT2D eigenvalue weighted by molar-refractivity contribution is 5.42. The van der Waals surface area contributed by atoms with Crippen molar-refractivity contribution in [3.8, 4) is 6.07 Å². The zero-order chi connectivity index (χ0) is 11.2. The predicted molar refractivity (Wildman–Crippen MR) is 61.0 cm³/mol. The van der Waals surface area contributed by atoms with Gasteiger partial charge in [-0.3, -0.25) is 0 Å². The van der Waals surface area contributed by atoms with Crippen LogP contribution >= 0.6 is 0 Å².